The van der Waals surface area contributed by atoms with E-state index in [2.05, 4.69) is 142 Å². The van der Waals surface area contributed by atoms with Gasteiger partial charge in [-0.25, -0.2) is 0 Å². The Kier molecular flexibility index (Phi) is 9.19. The lowest BCUT2D eigenvalue weighted by molar-refractivity contribution is 0.201. The van der Waals surface area contributed by atoms with E-state index >= 15 is 0 Å². The van der Waals surface area contributed by atoms with Crippen LogP contribution in [0.5, 0.6) is 0 Å². The number of hydrogen-bond donors (Lipinski definition) is 0. The molecule has 3 nitrogen and oxygen atoms in total. The summed E-state index contributed by atoms with van der Waals surface area (Å²) in [6, 6.07) is 34.4. The molecule has 6 rings (SSSR count). The number of hydrogen-bond acceptors (Lipinski definition) is 3. The first-order valence-corrected chi connectivity index (χ1v) is 16.5. The van der Waals surface area contributed by atoms with Crippen LogP contribution < -0.4 is 4.90 Å². The third-order valence-electron chi connectivity index (χ3n) is 10.1. The third-order valence-corrected chi connectivity index (χ3v) is 10.1. The first-order chi connectivity index (χ1) is 21.7. The summed E-state index contributed by atoms with van der Waals surface area (Å²) in [7, 11) is 0. The van der Waals surface area contributed by atoms with Gasteiger partial charge in [0.05, 0.1) is 5.69 Å². The number of rotatable bonds is 8. The Hall–Kier alpha value is -4.21. The standard InChI is InChI=1S/C42H47N3/c1-29-21-38(22-30(2)33(29)5)37-12-10-11-35(25-37)28-45(40-13-8-7-9-14-40)41-16-19-44(20-17-41)27-36-15-18-43-42(26-36)39-23-31(3)34(6)32(4)24-39/h7-15,18,21-26,41H,16-17,19-20,27-28H2,1-6H3. The summed E-state index contributed by atoms with van der Waals surface area (Å²) >= 11 is 0. The van der Waals surface area contributed by atoms with Crippen LogP contribution in [-0.2, 0) is 13.1 Å². The topological polar surface area (TPSA) is 19.4 Å². The number of aryl methyl sites for hydroxylation is 4. The Morgan fingerprint density at radius 3 is 1.89 bits per heavy atom. The van der Waals surface area contributed by atoms with E-state index < -0.39 is 0 Å². The van der Waals surface area contributed by atoms with Gasteiger partial charge in [0.1, 0.15) is 0 Å². The van der Waals surface area contributed by atoms with Crippen molar-refractivity contribution >= 4 is 5.69 Å². The smallest absolute Gasteiger partial charge is 0.0705 e. The van der Waals surface area contributed by atoms with Crippen molar-refractivity contribution in [2.45, 2.75) is 73.5 Å². The molecule has 230 valence electrons. The van der Waals surface area contributed by atoms with Crippen LogP contribution in [0.1, 0.15) is 57.3 Å². The molecule has 0 radical (unpaired) electrons. The van der Waals surface area contributed by atoms with E-state index in [9.17, 15) is 0 Å². The zero-order chi connectivity index (χ0) is 31.5. The molecule has 0 amide bonds. The maximum Gasteiger partial charge on any atom is 0.0705 e. The predicted molar refractivity (Wildman–Crippen MR) is 191 cm³/mol. The van der Waals surface area contributed by atoms with Gasteiger partial charge in [0.15, 0.2) is 0 Å². The Labute approximate surface area is 270 Å². The van der Waals surface area contributed by atoms with Gasteiger partial charge in [-0.2, -0.15) is 0 Å². The van der Waals surface area contributed by atoms with Gasteiger partial charge in [0, 0.05) is 49.7 Å². The molecule has 0 N–H and O–H groups in total. The molecular weight excluding hydrogens is 546 g/mol. The number of benzene rings is 4. The van der Waals surface area contributed by atoms with Crippen LogP contribution in [-0.4, -0.2) is 29.0 Å². The van der Waals surface area contributed by atoms with E-state index in [4.69, 9.17) is 4.98 Å². The molecule has 0 bridgehead atoms. The first-order valence-electron chi connectivity index (χ1n) is 16.5. The summed E-state index contributed by atoms with van der Waals surface area (Å²) in [5.74, 6) is 0. The van der Waals surface area contributed by atoms with Crippen molar-refractivity contribution in [3.63, 3.8) is 0 Å². The predicted octanol–water partition coefficient (Wildman–Crippen LogP) is 9.94. The van der Waals surface area contributed by atoms with Gasteiger partial charge in [0.25, 0.3) is 0 Å². The number of para-hydroxylation sites is 1. The van der Waals surface area contributed by atoms with Gasteiger partial charge >= 0.3 is 0 Å². The Bertz CT molecular complexity index is 1730. The SMILES string of the molecule is Cc1cc(-c2cccc(CN(c3ccccc3)C3CCN(Cc4ccnc(-c5cc(C)c(C)c(C)c5)c4)CC3)c2)cc(C)c1C. The lowest BCUT2D eigenvalue weighted by Crippen LogP contribution is -2.44. The van der Waals surface area contributed by atoms with E-state index in [0.717, 1.165) is 44.7 Å². The molecule has 1 saturated heterocycles. The molecule has 0 spiro atoms. The molecule has 1 aliphatic rings. The highest BCUT2D eigenvalue weighted by Gasteiger charge is 2.25. The molecule has 2 heterocycles. The number of aromatic nitrogens is 1. The first kappa shape index (κ1) is 30.8. The highest BCUT2D eigenvalue weighted by Crippen LogP contribution is 2.30. The second kappa shape index (κ2) is 13.4. The molecule has 0 unspecified atom stereocenters. The van der Waals surface area contributed by atoms with Gasteiger partial charge in [-0.05, 0) is 152 Å². The third kappa shape index (κ3) is 7.05. The van der Waals surface area contributed by atoms with Crippen LogP contribution in [0.2, 0.25) is 0 Å². The largest absolute Gasteiger partial charge is 0.364 e. The highest BCUT2D eigenvalue weighted by atomic mass is 15.2. The molecule has 1 fully saturated rings. The second-order valence-electron chi connectivity index (χ2n) is 13.2. The molecule has 4 aromatic carbocycles. The molecule has 1 aliphatic heterocycles. The van der Waals surface area contributed by atoms with Crippen molar-refractivity contribution in [3.05, 3.63) is 142 Å². The van der Waals surface area contributed by atoms with Crippen molar-refractivity contribution in [3.8, 4) is 22.4 Å². The Balaban J connectivity index is 1.16. The summed E-state index contributed by atoms with van der Waals surface area (Å²) in [6.07, 6.45) is 4.28. The minimum Gasteiger partial charge on any atom is -0.364 e. The fraction of sp³-hybridized carbons (Fsp3) is 0.310. The van der Waals surface area contributed by atoms with Crippen LogP contribution in [0.4, 0.5) is 5.69 Å². The highest BCUT2D eigenvalue weighted by molar-refractivity contribution is 5.67. The summed E-state index contributed by atoms with van der Waals surface area (Å²) in [6.45, 7) is 17.3. The van der Waals surface area contributed by atoms with Crippen molar-refractivity contribution in [2.24, 2.45) is 0 Å². The second-order valence-corrected chi connectivity index (χ2v) is 13.2. The molecule has 5 aromatic rings. The quantitative estimate of drug-likeness (QED) is 0.178. The zero-order valence-corrected chi connectivity index (χ0v) is 27.9. The fourth-order valence-electron chi connectivity index (χ4n) is 6.86. The van der Waals surface area contributed by atoms with E-state index in [-0.39, 0.29) is 0 Å². The number of pyridine rings is 1. The molecule has 45 heavy (non-hydrogen) atoms. The van der Waals surface area contributed by atoms with E-state index in [0.29, 0.717) is 6.04 Å². The lowest BCUT2D eigenvalue weighted by atomic mass is 9.95. The lowest BCUT2D eigenvalue weighted by Gasteiger charge is -2.40. The van der Waals surface area contributed by atoms with Crippen LogP contribution in [0, 0.1) is 41.5 Å². The van der Waals surface area contributed by atoms with E-state index in [1.165, 1.54) is 66.9 Å². The van der Waals surface area contributed by atoms with Crippen LogP contribution in [0.25, 0.3) is 22.4 Å². The van der Waals surface area contributed by atoms with Crippen LogP contribution in [0.3, 0.4) is 0 Å². The molecular formula is C42H47N3. The summed E-state index contributed by atoms with van der Waals surface area (Å²) in [5, 5.41) is 0. The molecule has 0 atom stereocenters. The van der Waals surface area contributed by atoms with E-state index in [1.807, 2.05) is 6.20 Å². The van der Waals surface area contributed by atoms with Crippen LogP contribution in [0.15, 0.2) is 97.2 Å². The van der Waals surface area contributed by atoms with Gasteiger partial charge in [-0.1, -0.05) is 48.5 Å². The fourth-order valence-corrected chi connectivity index (χ4v) is 6.86. The number of nitrogens with zero attached hydrogens (tertiary/aromatic N) is 3. The summed E-state index contributed by atoms with van der Waals surface area (Å²) < 4.78 is 0. The Morgan fingerprint density at radius 1 is 0.622 bits per heavy atom. The zero-order valence-electron chi connectivity index (χ0n) is 27.9. The molecule has 0 aliphatic carbocycles. The summed E-state index contributed by atoms with van der Waals surface area (Å²) in [4.78, 5) is 10.0. The van der Waals surface area contributed by atoms with Crippen molar-refractivity contribution in [1.29, 1.82) is 0 Å². The van der Waals surface area contributed by atoms with Gasteiger partial charge in [0.2, 0.25) is 0 Å². The minimum atomic E-state index is 0.502. The van der Waals surface area contributed by atoms with Gasteiger partial charge in [-0.3, -0.25) is 9.88 Å². The van der Waals surface area contributed by atoms with Crippen molar-refractivity contribution < 1.29 is 0 Å². The number of piperidine rings is 1. The number of likely N-dealkylation sites (tertiary alicyclic amines) is 1. The average molecular weight is 594 g/mol. The van der Waals surface area contributed by atoms with Gasteiger partial charge < -0.3 is 4.90 Å². The maximum atomic E-state index is 4.74. The Morgan fingerprint density at radius 2 is 1.24 bits per heavy atom. The number of anilines is 1. The van der Waals surface area contributed by atoms with Crippen LogP contribution >= 0.6 is 0 Å². The van der Waals surface area contributed by atoms with Crippen molar-refractivity contribution in [2.75, 3.05) is 18.0 Å². The van der Waals surface area contributed by atoms with Gasteiger partial charge in [-0.15, -0.1) is 0 Å². The van der Waals surface area contributed by atoms with Crippen molar-refractivity contribution in [1.82, 2.24) is 9.88 Å². The maximum absolute atomic E-state index is 4.74. The molecule has 3 heteroatoms. The van der Waals surface area contributed by atoms with E-state index in [1.54, 1.807) is 0 Å². The summed E-state index contributed by atoms with van der Waals surface area (Å²) in [5.41, 5.74) is 17.0. The molecule has 1 aromatic heterocycles. The minimum absolute atomic E-state index is 0.502. The normalized spacial score (nSPS) is 14.1. The monoisotopic (exact) mass is 593 g/mol. The average Bonchev–Trinajstić information content (AvgIpc) is 3.05. The molecule has 0 saturated carbocycles.